The van der Waals surface area contributed by atoms with Crippen molar-refractivity contribution < 1.29 is 4.79 Å². The summed E-state index contributed by atoms with van der Waals surface area (Å²) in [5, 5.41) is 0. The van der Waals surface area contributed by atoms with Crippen molar-refractivity contribution >= 4 is 5.91 Å². The molecule has 1 fully saturated rings. The zero-order chi connectivity index (χ0) is 16.4. The predicted octanol–water partition coefficient (Wildman–Crippen LogP) is 3.44. The van der Waals surface area contributed by atoms with Crippen molar-refractivity contribution in [3.8, 4) is 11.1 Å². The molecule has 1 atom stereocenters. The van der Waals surface area contributed by atoms with Gasteiger partial charge in [0.25, 0.3) is 5.91 Å². The highest BCUT2D eigenvalue weighted by Crippen LogP contribution is 2.21. The van der Waals surface area contributed by atoms with E-state index in [-0.39, 0.29) is 5.91 Å². The molecule has 120 valence electrons. The Bertz CT molecular complexity index is 676. The molecule has 1 amide bonds. The average Bonchev–Trinajstić information content (AvgIpc) is 3.01. The van der Waals surface area contributed by atoms with E-state index < -0.39 is 0 Å². The maximum Gasteiger partial charge on any atom is 0.253 e. The molecule has 1 aliphatic rings. The number of carbonyl (C=O) groups excluding carboxylic acids is 1. The third kappa shape index (κ3) is 3.45. The van der Waals surface area contributed by atoms with Crippen LogP contribution in [0.15, 0.2) is 48.5 Å². The summed E-state index contributed by atoms with van der Waals surface area (Å²) in [4.78, 5) is 16.8. The fourth-order valence-electron chi connectivity index (χ4n) is 3.15. The summed E-state index contributed by atoms with van der Waals surface area (Å²) in [7, 11) is 4.02. The molecule has 1 unspecified atom stereocenters. The molecule has 0 bridgehead atoms. The topological polar surface area (TPSA) is 23.6 Å². The van der Waals surface area contributed by atoms with E-state index in [0.717, 1.165) is 30.6 Å². The molecule has 1 saturated heterocycles. The SMILES string of the molecule is Cc1ccc(-c2ccc(C(=O)N(C)C3CCN(C)C3)cc2)cc1. The summed E-state index contributed by atoms with van der Waals surface area (Å²) < 4.78 is 0. The van der Waals surface area contributed by atoms with Crippen LogP contribution in [0.5, 0.6) is 0 Å². The number of rotatable bonds is 3. The highest BCUT2D eigenvalue weighted by Gasteiger charge is 2.26. The van der Waals surface area contributed by atoms with Crippen molar-refractivity contribution in [2.24, 2.45) is 0 Å². The number of hydrogen-bond donors (Lipinski definition) is 0. The Kier molecular flexibility index (Phi) is 4.49. The van der Waals surface area contributed by atoms with Gasteiger partial charge in [-0.1, -0.05) is 42.0 Å². The number of benzene rings is 2. The standard InChI is InChI=1S/C20H24N2O/c1-15-4-6-16(7-5-15)17-8-10-18(11-9-17)20(23)22(3)19-12-13-21(2)14-19/h4-11,19H,12-14H2,1-3H3. The zero-order valence-corrected chi connectivity index (χ0v) is 14.1. The van der Waals surface area contributed by atoms with Crippen LogP contribution in [0.3, 0.4) is 0 Å². The van der Waals surface area contributed by atoms with E-state index in [1.807, 2.05) is 36.2 Å². The van der Waals surface area contributed by atoms with E-state index in [9.17, 15) is 4.79 Å². The van der Waals surface area contributed by atoms with E-state index in [0.29, 0.717) is 6.04 Å². The average molecular weight is 308 g/mol. The van der Waals surface area contributed by atoms with Crippen molar-refractivity contribution in [3.05, 3.63) is 59.7 Å². The largest absolute Gasteiger partial charge is 0.337 e. The van der Waals surface area contributed by atoms with Gasteiger partial charge in [-0.3, -0.25) is 4.79 Å². The number of likely N-dealkylation sites (N-methyl/N-ethyl adjacent to an activating group) is 2. The van der Waals surface area contributed by atoms with E-state index in [1.54, 1.807) is 0 Å². The summed E-state index contributed by atoms with van der Waals surface area (Å²) in [5.41, 5.74) is 4.34. The van der Waals surface area contributed by atoms with Gasteiger partial charge >= 0.3 is 0 Å². The third-order valence-electron chi connectivity index (χ3n) is 4.75. The lowest BCUT2D eigenvalue weighted by molar-refractivity contribution is 0.0737. The smallest absolute Gasteiger partial charge is 0.253 e. The predicted molar refractivity (Wildman–Crippen MR) is 94.6 cm³/mol. The lowest BCUT2D eigenvalue weighted by atomic mass is 10.0. The molecule has 0 radical (unpaired) electrons. The van der Waals surface area contributed by atoms with Crippen molar-refractivity contribution in [2.45, 2.75) is 19.4 Å². The number of likely N-dealkylation sites (tertiary alicyclic amines) is 1. The van der Waals surface area contributed by atoms with Crippen molar-refractivity contribution in [1.82, 2.24) is 9.80 Å². The molecule has 0 aliphatic carbocycles. The van der Waals surface area contributed by atoms with E-state index in [1.165, 1.54) is 11.1 Å². The van der Waals surface area contributed by atoms with Gasteiger partial charge in [-0.05, 0) is 50.2 Å². The van der Waals surface area contributed by atoms with Gasteiger partial charge in [0.1, 0.15) is 0 Å². The van der Waals surface area contributed by atoms with Crippen LogP contribution in [0.2, 0.25) is 0 Å². The van der Waals surface area contributed by atoms with Crippen LogP contribution < -0.4 is 0 Å². The minimum Gasteiger partial charge on any atom is -0.337 e. The van der Waals surface area contributed by atoms with Crippen molar-refractivity contribution in [1.29, 1.82) is 0 Å². The van der Waals surface area contributed by atoms with E-state index >= 15 is 0 Å². The molecular formula is C20H24N2O. The van der Waals surface area contributed by atoms with Gasteiger partial charge in [0, 0.05) is 25.2 Å². The number of amides is 1. The molecule has 1 aliphatic heterocycles. The van der Waals surface area contributed by atoms with Gasteiger partial charge < -0.3 is 9.80 Å². The second-order valence-electron chi connectivity index (χ2n) is 6.56. The first kappa shape index (κ1) is 15.8. The molecule has 3 nitrogen and oxygen atoms in total. The zero-order valence-electron chi connectivity index (χ0n) is 14.1. The molecule has 2 aromatic carbocycles. The normalized spacial score (nSPS) is 18.1. The molecule has 0 saturated carbocycles. The first-order valence-corrected chi connectivity index (χ1v) is 8.17. The Morgan fingerprint density at radius 3 is 2.13 bits per heavy atom. The van der Waals surface area contributed by atoms with Gasteiger partial charge in [-0.15, -0.1) is 0 Å². The van der Waals surface area contributed by atoms with Gasteiger partial charge in [0.2, 0.25) is 0 Å². The van der Waals surface area contributed by atoms with Crippen LogP contribution in [0, 0.1) is 6.92 Å². The maximum absolute atomic E-state index is 12.6. The van der Waals surface area contributed by atoms with Gasteiger partial charge in [0.15, 0.2) is 0 Å². The first-order valence-electron chi connectivity index (χ1n) is 8.17. The molecule has 0 spiro atoms. The molecule has 1 heterocycles. The minimum absolute atomic E-state index is 0.112. The van der Waals surface area contributed by atoms with Crippen LogP contribution in [0.25, 0.3) is 11.1 Å². The lowest BCUT2D eigenvalue weighted by Gasteiger charge is -2.24. The Morgan fingerprint density at radius 2 is 1.61 bits per heavy atom. The number of aryl methyl sites for hydroxylation is 1. The van der Waals surface area contributed by atoms with Gasteiger partial charge in [-0.25, -0.2) is 0 Å². The second-order valence-corrected chi connectivity index (χ2v) is 6.56. The Labute approximate surface area is 138 Å². The summed E-state index contributed by atoms with van der Waals surface area (Å²) in [6.07, 6.45) is 1.06. The van der Waals surface area contributed by atoms with Crippen LogP contribution in [-0.4, -0.2) is 48.9 Å². The summed E-state index contributed by atoms with van der Waals surface area (Å²) in [6.45, 7) is 4.11. The molecule has 2 aromatic rings. The van der Waals surface area contributed by atoms with Crippen molar-refractivity contribution in [3.63, 3.8) is 0 Å². The number of hydrogen-bond acceptors (Lipinski definition) is 2. The lowest BCUT2D eigenvalue weighted by Crippen LogP contribution is -2.38. The Morgan fingerprint density at radius 1 is 1.04 bits per heavy atom. The van der Waals surface area contributed by atoms with Crippen molar-refractivity contribution in [2.75, 3.05) is 27.2 Å². The fraction of sp³-hybridized carbons (Fsp3) is 0.350. The van der Waals surface area contributed by atoms with Gasteiger partial charge in [0.05, 0.1) is 0 Å². The Balaban J connectivity index is 1.73. The van der Waals surface area contributed by atoms with Crippen LogP contribution in [0.4, 0.5) is 0 Å². The first-order chi connectivity index (χ1) is 11.0. The third-order valence-corrected chi connectivity index (χ3v) is 4.75. The number of nitrogens with zero attached hydrogens (tertiary/aromatic N) is 2. The molecule has 0 N–H and O–H groups in total. The molecule has 23 heavy (non-hydrogen) atoms. The summed E-state index contributed by atoms with van der Waals surface area (Å²) in [5.74, 6) is 0.112. The highest BCUT2D eigenvalue weighted by molar-refractivity contribution is 5.94. The maximum atomic E-state index is 12.6. The summed E-state index contributed by atoms with van der Waals surface area (Å²) >= 11 is 0. The minimum atomic E-state index is 0.112. The quantitative estimate of drug-likeness (QED) is 0.867. The van der Waals surface area contributed by atoms with Crippen LogP contribution in [0.1, 0.15) is 22.3 Å². The van der Waals surface area contributed by atoms with Crippen LogP contribution >= 0.6 is 0 Å². The highest BCUT2D eigenvalue weighted by atomic mass is 16.2. The van der Waals surface area contributed by atoms with Crippen LogP contribution in [-0.2, 0) is 0 Å². The van der Waals surface area contributed by atoms with E-state index in [2.05, 4.69) is 43.1 Å². The molecule has 0 aromatic heterocycles. The monoisotopic (exact) mass is 308 g/mol. The molecule has 3 rings (SSSR count). The Hall–Kier alpha value is -2.13. The molecular weight excluding hydrogens is 284 g/mol. The van der Waals surface area contributed by atoms with Gasteiger partial charge in [-0.2, -0.15) is 0 Å². The van der Waals surface area contributed by atoms with E-state index in [4.69, 9.17) is 0 Å². The summed E-state index contributed by atoms with van der Waals surface area (Å²) in [6, 6.07) is 16.7. The number of carbonyl (C=O) groups is 1. The second kappa shape index (κ2) is 6.55. The fourth-order valence-corrected chi connectivity index (χ4v) is 3.15. The molecule has 3 heteroatoms.